The van der Waals surface area contributed by atoms with Crippen LogP contribution in [0.1, 0.15) is 31.9 Å². The fourth-order valence-corrected chi connectivity index (χ4v) is 3.36. The number of aryl methyl sites for hydroxylation is 3. The topological polar surface area (TPSA) is 20.3 Å². The fourth-order valence-electron chi connectivity index (χ4n) is 2.67. The lowest BCUT2D eigenvalue weighted by atomic mass is 10.1. The Morgan fingerprint density at radius 3 is 2.46 bits per heavy atom. The molecule has 0 saturated carbocycles. The molecule has 0 aliphatic carbocycles. The summed E-state index contributed by atoms with van der Waals surface area (Å²) in [5.74, 6) is 0.0374. The molecule has 0 saturated heterocycles. The molecule has 24 heavy (non-hydrogen) atoms. The number of rotatable bonds is 4. The van der Waals surface area contributed by atoms with Crippen molar-refractivity contribution in [2.24, 2.45) is 0 Å². The predicted molar refractivity (Wildman–Crippen MR) is 102 cm³/mol. The number of hydrogen-bond donors (Lipinski definition) is 0. The van der Waals surface area contributed by atoms with Gasteiger partial charge in [-0.25, -0.2) is 0 Å². The van der Waals surface area contributed by atoms with Gasteiger partial charge < -0.3 is 4.90 Å². The van der Waals surface area contributed by atoms with Gasteiger partial charge in [-0.1, -0.05) is 29.8 Å². The van der Waals surface area contributed by atoms with Crippen LogP contribution in [-0.2, 0) is 6.54 Å². The standard InChI is InChI=1S/C21H21NOS/c1-15-6-4-7-18(12-15)21(23)22(14-20-8-5-11-24-20)19-10-9-16(2)17(3)13-19/h4-13H,14H2,1-3H3. The van der Waals surface area contributed by atoms with Crippen LogP contribution in [0.3, 0.4) is 0 Å². The second-order valence-electron chi connectivity index (χ2n) is 6.11. The van der Waals surface area contributed by atoms with Gasteiger partial charge in [0.1, 0.15) is 0 Å². The van der Waals surface area contributed by atoms with Crippen LogP contribution in [0.15, 0.2) is 60.0 Å². The van der Waals surface area contributed by atoms with Gasteiger partial charge in [0, 0.05) is 16.1 Å². The first kappa shape index (κ1) is 16.5. The molecule has 2 nitrogen and oxygen atoms in total. The summed E-state index contributed by atoms with van der Waals surface area (Å²) in [5.41, 5.74) is 5.19. The Labute approximate surface area is 147 Å². The van der Waals surface area contributed by atoms with Crippen LogP contribution in [0.25, 0.3) is 0 Å². The minimum atomic E-state index is 0.0374. The zero-order valence-corrected chi connectivity index (χ0v) is 15.1. The van der Waals surface area contributed by atoms with Gasteiger partial charge in [0.15, 0.2) is 0 Å². The van der Waals surface area contributed by atoms with Crippen LogP contribution in [-0.4, -0.2) is 5.91 Å². The van der Waals surface area contributed by atoms with E-state index in [2.05, 4.69) is 32.0 Å². The Bertz CT molecular complexity index is 852. The molecule has 0 N–H and O–H groups in total. The number of hydrogen-bond acceptors (Lipinski definition) is 2. The molecule has 0 unspecified atom stereocenters. The molecule has 1 aromatic heterocycles. The molecule has 0 fully saturated rings. The summed E-state index contributed by atoms with van der Waals surface area (Å²) in [6, 6.07) is 18.1. The summed E-state index contributed by atoms with van der Waals surface area (Å²) in [6.07, 6.45) is 0. The molecule has 3 rings (SSSR count). The first-order valence-electron chi connectivity index (χ1n) is 8.03. The zero-order valence-electron chi connectivity index (χ0n) is 14.2. The molecule has 122 valence electrons. The second-order valence-corrected chi connectivity index (χ2v) is 7.14. The van der Waals surface area contributed by atoms with Crippen LogP contribution in [0.2, 0.25) is 0 Å². The predicted octanol–water partition coefficient (Wildman–Crippen LogP) is 5.52. The molecular formula is C21H21NOS. The summed E-state index contributed by atoms with van der Waals surface area (Å²) in [4.78, 5) is 16.2. The number of benzene rings is 2. The highest BCUT2D eigenvalue weighted by molar-refractivity contribution is 7.09. The SMILES string of the molecule is Cc1cccc(C(=O)N(Cc2cccs2)c2ccc(C)c(C)c2)c1. The van der Waals surface area contributed by atoms with Crippen LogP contribution < -0.4 is 4.90 Å². The Kier molecular flexibility index (Phi) is 4.81. The Balaban J connectivity index is 2.00. The van der Waals surface area contributed by atoms with Gasteiger partial charge in [0.25, 0.3) is 5.91 Å². The zero-order chi connectivity index (χ0) is 17.1. The molecule has 0 aliphatic heterocycles. The lowest BCUT2D eigenvalue weighted by Crippen LogP contribution is -2.30. The number of anilines is 1. The molecule has 1 heterocycles. The third-order valence-electron chi connectivity index (χ3n) is 4.21. The van der Waals surface area contributed by atoms with Crippen LogP contribution >= 0.6 is 11.3 Å². The normalized spacial score (nSPS) is 10.6. The van der Waals surface area contributed by atoms with Gasteiger partial charge in [-0.05, 0) is 67.6 Å². The van der Waals surface area contributed by atoms with Crippen molar-refractivity contribution in [2.75, 3.05) is 4.90 Å². The number of carbonyl (C=O) groups excluding carboxylic acids is 1. The van der Waals surface area contributed by atoms with E-state index in [0.29, 0.717) is 6.54 Å². The second kappa shape index (κ2) is 7.02. The van der Waals surface area contributed by atoms with Gasteiger partial charge >= 0.3 is 0 Å². The van der Waals surface area contributed by atoms with Crippen molar-refractivity contribution >= 4 is 22.9 Å². The van der Waals surface area contributed by atoms with Crippen LogP contribution in [0, 0.1) is 20.8 Å². The smallest absolute Gasteiger partial charge is 0.258 e. The van der Waals surface area contributed by atoms with E-state index in [9.17, 15) is 4.79 Å². The van der Waals surface area contributed by atoms with Crippen molar-refractivity contribution in [3.05, 3.63) is 87.1 Å². The number of amides is 1. The van der Waals surface area contributed by atoms with Gasteiger partial charge in [0.05, 0.1) is 6.54 Å². The number of nitrogens with zero attached hydrogens (tertiary/aromatic N) is 1. The van der Waals surface area contributed by atoms with E-state index < -0.39 is 0 Å². The van der Waals surface area contributed by atoms with E-state index in [4.69, 9.17) is 0 Å². The average Bonchev–Trinajstić information content (AvgIpc) is 3.08. The molecule has 0 radical (unpaired) electrons. The maximum atomic E-state index is 13.2. The Morgan fingerprint density at radius 1 is 0.958 bits per heavy atom. The maximum absolute atomic E-state index is 13.2. The van der Waals surface area contributed by atoms with Crippen molar-refractivity contribution in [2.45, 2.75) is 27.3 Å². The van der Waals surface area contributed by atoms with Crippen molar-refractivity contribution < 1.29 is 4.79 Å². The number of carbonyl (C=O) groups is 1. The minimum Gasteiger partial charge on any atom is -0.303 e. The van der Waals surface area contributed by atoms with E-state index in [1.807, 2.05) is 53.6 Å². The largest absolute Gasteiger partial charge is 0.303 e. The first-order valence-corrected chi connectivity index (χ1v) is 8.91. The summed E-state index contributed by atoms with van der Waals surface area (Å²) in [6.45, 7) is 6.77. The van der Waals surface area contributed by atoms with Crippen molar-refractivity contribution in [3.63, 3.8) is 0 Å². The summed E-state index contributed by atoms with van der Waals surface area (Å²) in [7, 11) is 0. The lowest BCUT2D eigenvalue weighted by molar-refractivity contribution is 0.0985. The van der Waals surface area contributed by atoms with Crippen molar-refractivity contribution in [3.8, 4) is 0 Å². The summed E-state index contributed by atoms with van der Waals surface area (Å²) < 4.78 is 0. The van der Waals surface area contributed by atoms with E-state index in [-0.39, 0.29) is 5.91 Å². The minimum absolute atomic E-state index is 0.0374. The van der Waals surface area contributed by atoms with Crippen molar-refractivity contribution in [1.82, 2.24) is 0 Å². The molecule has 0 atom stereocenters. The van der Waals surface area contributed by atoms with Gasteiger partial charge in [-0.2, -0.15) is 0 Å². The molecule has 3 heteroatoms. The third kappa shape index (κ3) is 3.57. The van der Waals surface area contributed by atoms with E-state index in [1.54, 1.807) is 11.3 Å². The Hall–Kier alpha value is -2.39. The fraction of sp³-hybridized carbons (Fsp3) is 0.190. The maximum Gasteiger partial charge on any atom is 0.258 e. The average molecular weight is 335 g/mol. The quantitative estimate of drug-likeness (QED) is 0.615. The molecule has 0 spiro atoms. The molecule has 0 bridgehead atoms. The third-order valence-corrected chi connectivity index (χ3v) is 5.07. The highest BCUT2D eigenvalue weighted by Gasteiger charge is 2.19. The molecule has 2 aromatic carbocycles. The molecular weight excluding hydrogens is 314 g/mol. The lowest BCUT2D eigenvalue weighted by Gasteiger charge is -2.23. The van der Waals surface area contributed by atoms with E-state index >= 15 is 0 Å². The summed E-state index contributed by atoms with van der Waals surface area (Å²) >= 11 is 1.68. The molecule has 1 amide bonds. The van der Waals surface area contributed by atoms with E-state index in [1.165, 1.54) is 16.0 Å². The number of thiophene rings is 1. The molecule has 3 aromatic rings. The Morgan fingerprint density at radius 2 is 1.79 bits per heavy atom. The highest BCUT2D eigenvalue weighted by Crippen LogP contribution is 2.24. The van der Waals surface area contributed by atoms with Gasteiger partial charge in [0.2, 0.25) is 0 Å². The van der Waals surface area contributed by atoms with Crippen LogP contribution in [0.5, 0.6) is 0 Å². The first-order chi connectivity index (χ1) is 11.5. The van der Waals surface area contributed by atoms with Gasteiger partial charge in [-0.15, -0.1) is 11.3 Å². The van der Waals surface area contributed by atoms with Gasteiger partial charge in [-0.3, -0.25) is 4.79 Å². The van der Waals surface area contributed by atoms with Crippen LogP contribution in [0.4, 0.5) is 5.69 Å². The monoisotopic (exact) mass is 335 g/mol. The molecule has 0 aliphatic rings. The van der Waals surface area contributed by atoms with E-state index in [0.717, 1.165) is 16.8 Å². The van der Waals surface area contributed by atoms with Crippen molar-refractivity contribution in [1.29, 1.82) is 0 Å². The highest BCUT2D eigenvalue weighted by atomic mass is 32.1. The summed E-state index contributed by atoms with van der Waals surface area (Å²) in [5, 5.41) is 2.05.